The number of nitrogens with zero attached hydrogens (tertiary/aromatic N) is 2. The fourth-order valence-corrected chi connectivity index (χ4v) is 3.30. The first-order chi connectivity index (χ1) is 5.00. The Morgan fingerprint density at radius 2 is 1.82 bits per heavy atom. The maximum atomic E-state index is 5.42. The van der Waals surface area contributed by atoms with Crippen molar-refractivity contribution in [1.82, 2.24) is 9.97 Å². The van der Waals surface area contributed by atoms with Gasteiger partial charge in [-0.15, -0.1) is 0 Å². The van der Waals surface area contributed by atoms with Crippen LogP contribution in [0.15, 0.2) is 12.4 Å². The van der Waals surface area contributed by atoms with E-state index in [1.54, 1.807) is 6.20 Å². The van der Waals surface area contributed by atoms with E-state index >= 15 is 0 Å². The van der Waals surface area contributed by atoms with Crippen molar-refractivity contribution < 1.29 is 0 Å². The van der Waals surface area contributed by atoms with Gasteiger partial charge in [0.25, 0.3) is 0 Å². The minimum atomic E-state index is -1.97. The minimum absolute atomic E-state index is 0.504. The monoisotopic (exact) mass is 259 g/mol. The van der Waals surface area contributed by atoms with E-state index < -0.39 is 18.4 Å². The van der Waals surface area contributed by atoms with Gasteiger partial charge in [0, 0.05) is 0 Å². The van der Waals surface area contributed by atoms with Gasteiger partial charge in [0.2, 0.25) is 0 Å². The van der Waals surface area contributed by atoms with E-state index in [1.807, 2.05) is 6.20 Å². The quantitative estimate of drug-likeness (QED) is 0.750. The second-order valence-electron chi connectivity index (χ2n) is 3.58. The van der Waals surface area contributed by atoms with E-state index in [9.17, 15) is 0 Å². The molecule has 60 valence electrons. The van der Waals surface area contributed by atoms with Crippen LogP contribution in [0.4, 0.5) is 5.82 Å². The molecule has 3 nitrogen and oxygen atoms in total. The van der Waals surface area contributed by atoms with Crippen LogP contribution in [0.5, 0.6) is 0 Å². The number of nitrogen functional groups attached to an aromatic ring is 1. The average molecular weight is 258 g/mol. The number of hydrogen-bond acceptors (Lipinski definition) is 3. The van der Waals surface area contributed by atoms with Crippen molar-refractivity contribution in [2.24, 2.45) is 0 Å². The van der Waals surface area contributed by atoms with E-state index in [4.69, 9.17) is 5.73 Å². The molecule has 0 fully saturated rings. The molecular formula is C7H13N3Sn. The van der Waals surface area contributed by atoms with Crippen LogP contribution in [0.2, 0.25) is 14.8 Å². The van der Waals surface area contributed by atoms with E-state index in [0.29, 0.717) is 5.82 Å². The standard InChI is InChI=1S/C4H4N3.3CH3.Sn/c5-4-3-6-1-2-7-4;;;;/h2-3H,(H2,5,7);3*1H3;. The second-order valence-corrected chi connectivity index (χ2v) is 17.9. The topological polar surface area (TPSA) is 51.8 Å². The molecule has 1 aromatic heterocycles. The van der Waals surface area contributed by atoms with Crippen molar-refractivity contribution >= 4 is 27.9 Å². The number of aromatic nitrogens is 2. The predicted octanol–water partition coefficient (Wildman–Crippen LogP) is 0.604. The molecule has 1 rings (SSSR count). The molecule has 4 heteroatoms. The Morgan fingerprint density at radius 1 is 1.18 bits per heavy atom. The van der Waals surface area contributed by atoms with Crippen molar-refractivity contribution in [3.63, 3.8) is 0 Å². The van der Waals surface area contributed by atoms with Gasteiger partial charge in [-0.2, -0.15) is 0 Å². The van der Waals surface area contributed by atoms with Crippen LogP contribution in [0.1, 0.15) is 0 Å². The molecule has 0 radical (unpaired) electrons. The summed E-state index contributed by atoms with van der Waals surface area (Å²) in [7, 11) is 0. The third kappa shape index (κ3) is 2.32. The SMILES string of the molecule is [CH3][Sn]([CH3])([CH3])[c]1cnc(N)cn1. The van der Waals surface area contributed by atoms with Crippen LogP contribution >= 0.6 is 0 Å². The van der Waals surface area contributed by atoms with E-state index in [2.05, 4.69) is 24.8 Å². The van der Waals surface area contributed by atoms with Gasteiger partial charge in [-0.3, -0.25) is 0 Å². The number of anilines is 1. The molecule has 0 saturated carbocycles. The fourth-order valence-electron chi connectivity index (χ4n) is 0.725. The number of hydrogen-bond donors (Lipinski definition) is 1. The van der Waals surface area contributed by atoms with Crippen molar-refractivity contribution in [1.29, 1.82) is 0 Å². The molecule has 2 N–H and O–H groups in total. The van der Waals surface area contributed by atoms with Crippen LogP contribution in [0.25, 0.3) is 0 Å². The fraction of sp³-hybridized carbons (Fsp3) is 0.429. The summed E-state index contributed by atoms with van der Waals surface area (Å²) >= 11 is -1.97. The molecule has 0 aromatic carbocycles. The molecule has 0 saturated heterocycles. The molecule has 11 heavy (non-hydrogen) atoms. The normalized spacial score (nSPS) is 11.5. The summed E-state index contributed by atoms with van der Waals surface area (Å²) in [6.45, 7) is 0. The van der Waals surface area contributed by atoms with Crippen molar-refractivity contribution in [2.45, 2.75) is 14.8 Å². The van der Waals surface area contributed by atoms with E-state index in [0.717, 1.165) is 0 Å². The Labute approximate surface area is 70.9 Å². The van der Waals surface area contributed by atoms with Crippen molar-refractivity contribution in [3.8, 4) is 0 Å². The molecule has 0 amide bonds. The van der Waals surface area contributed by atoms with Crippen LogP contribution in [-0.4, -0.2) is 28.3 Å². The van der Waals surface area contributed by atoms with E-state index in [-0.39, 0.29) is 0 Å². The zero-order valence-corrected chi connectivity index (χ0v) is 9.98. The van der Waals surface area contributed by atoms with Crippen molar-refractivity contribution in [3.05, 3.63) is 12.4 Å². The molecule has 0 atom stereocenters. The summed E-state index contributed by atoms with van der Waals surface area (Å²) < 4.78 is 1.17. The maximum absolute atomic E-state index is 5.42. The summed E-state index contributed by atoms with van der Waals surface area (Å²) in [4.78, 5) is 15.2. The van der Waals surface area contributed by atoms with Gasteiger partial charge in [-0.1, -0.05) is 0 Å². The molecule has 0 aliphatic rings. The zero-order valence-electron chi connectivity index (χ0n) is 7.13. The van der Waals surface area contributed by atoms with Gasteiger partial charge in [-0.25, -0.2) is 0 Å². The van der Waals surface area contributed by atoms with Gasteiger partial charge in [0.05, 0.1) is 0 Å². The van der Waals surface area contributed by atoms with Crippen molar-refractivity contribution in [2.75, 3.05) is 5.73 Å². The van der Waals surface area contributed by atoms with E-state index in [1.165, 1.54) is 3.71 Å². The second kappa shape index (κ2) is 2.97. The Balaban J connectivity index is 2.99. The number of nitrogens with two attached hydrogens (primary N) is 1. The third-order valence-corrected chi connectivity index (χ3v) is 6.56. The van der Waals surface area contributed by atoms with Gasteiger partial charge >= 0.3 is 70.8 Å². The van der Waals surface area contributed by atoms with Gasteiger partial charge in [0.15, 0.2) is 0 Å². The number of rotatable bonds is 1. The first kappa shape index (κ1) is 8.77. The first-order valence-corrected chi connectivity index (χ1v) is 13.6. The van der Waals surface area contributed by atoms with Crippen LogP contribution in [0, 0.1) is 0 Å². The summed E-state index contributed by atoms with van der Waals surface area (Å²) in [5.41, 5.74) is 5.42. The van der Waals surface area contributed by atoms with Gasteiger partial charge in [0.1, 0.15) is 0 Å². The molecular weight excluding hydrogens is 245 g/mol. The summed E-state index contributed by atoms with van der Waals surface area (Å²) in [6, 6.07) is 0. The van der Waals surface area contributed by atoms with Crippen LogP contribution in [-0.2, 0) is 0 Å². The van der Waals surface area contributed by atoms with Crippen LogP contribution < -0.4 is 9.44 Å². The Hall–Kier alpha value is -0.321. The summed E-state index contributed by atoms with van der Waals surface area (Å²) in [5.74, 6) is 0.504. The molecule has 1 aromatic rings. The molecule has 0 aliphatic heterocycles. The molecule has 0 spiro atoms. The Kier molecular flexibility index (Phi) is 2.36. The van der Waals surface area contributed by atoms with Gasteiger partial charge < -0.3 is 0 Å². The molecule has 0 aliphatic carbocycles. The average Bonchev–Trinajstić information content (AvgIpc) is 1.86. The predicted molar refractivity (Wildman–Crippen MR) is 49.4 cm³/mol. The molecule has 1 heterocycles. The summed E-state index contributed by atoms with van der Waals surface area (Å²) in [6.07, 6.45) is 3.45. The molecule has 0 bridgehead atoms. The first-order valence-electron chi connectivity index (χ1n) is 3.58. The summed E-state index contributed by atoms with van der Waals surface area (Å²) in [5, 5.41) is 0. The Bertz CT molecular complexity index is 237. The van der Waals surface area contributed by atoms with Crippen LogP contribution in [0.3, 0.4) is 0 Å². The van der Waals surface area contributed by atoms with Gasteiger partial charge in [-0.05, 0) is 0 Å². The Morgan fingerprint density at radius 3 is 2.18 bits per heavy atom. The zero-order chi connectivity index (χ0) is 8.48. The molecule has 0 unspecified atom stereocenters. The third-order valence-electron chi connectivity index (χ3n) is 1.44.